The van der Waals surface area contributed by atoms with Crippen LogP contribution in [0.15, 0.2) is 18.2 Å². The first-order chi connectivity index (χ1) is 8.56. The average molecular weight is 255 g/mol. The molecule has 0 amide bonds. The summed E-state index contributed by atoms with van der Waals surface area (Å²) in [6.07, 6.45) is 4.96. The summed E-state index contributed by atoms with van der Waals surface area (Å²) in [5, 5.41) is 0. The Morgan fingerprint density at radius 3 is 2.39 bits per heavy atom. The van der Waals surface area contributed by atoms with E-state index in [4.69, 9.17) is 5.73 Å². The van der Waals surface area contributed by atoms with Crippen LogP contribution in [-0.4, -0.2) is 6.54 Å². The van der Waals surface area contributed by atoms with Crippen molar-refractivity contribution >= 4 is 0 Å². The Morgan fingerprint density at radius 2 is 1.89 bits per heavy atom. The van der Waals surface area contributed by atoms with E-state index in [2.05, 4.69) is 13.8 Å². The van der Waals surface area contributed by atoms with Crippen molar-refractivity contribution in [1.82, 2.24) is 0 Å². The van der Waals surface area contributed by atoms with Gasteiger partial charge in [-0.05, 0) is 48.9 Å². The van der Waals surface area contributed by atoms with E-state index < -0.39 is 11.6 Å². The van der Waals surface area contributed by atoms with E-state index in [0.29, 0.717) is 6.54 Å². The predicted octanol–water partition coefficient (Wildman–Crippen LogP) is 4.05. The van der Waals surface area contributed by atoms with E-state index in [0.717, 1.165) is 37.7 Å². The maximum absolute atomic E-state index is 13.2. The third-order valence-electron chi connectivity index (χ3n) is 3.81. The highest BCUT2D eigenvalue weighted by atomic mass is 19.2. The Balaban J connectivity index is 2.84. The first-order valence-electron chi connectivity index (χ1n) is 6.71. The van der Waals surface area contributed by atoms with Crippen LogP contribution in [0.25, 0.3) is 0 Å². The molecule has 0 aliphatic carbocycles. The molecule has 1 nitrogen and oxygen atoms in total. The summed E-state index contributed by atoms with van der Waals surface area (Å²) in [5.41, 5.74) is 6.75. The molecule has 1 atom stereocenters. The van der Waals surface area contributed by atoms with Crippen molar-refractivity contribution in [3.63, 3.8) is 0 Å². The Labute approximate surface area is 108 Å². The lowest BCUT2D eigenvalue weighted by Crippen LogP contribution is -2.32. The van der Waals surface area contributed by atoms with Gasteiger partial charge in [0.2, 0.25) is 0 Å². The second kappa shape index (κ2) is 6.83. The van der Waals surface area contributed by atoms with Crippen LogP contribution in [0.1, 0.15) is 45.1 Å². The first kappa shape index (κ1) is 15.1. The monoisotopic (exact) mass is 255 g/mol. The molecule has 0 aliphatic rings. The second-order valence-electron chi connectivity index (χ2n) is 5.09. The lowest BCUT2D eigenvalue weighted by atomic mass is 9.75. The molecular weight excluding hydrogens is 232 g/mol. The van der Waals surface area contributed by atoms with Crippen molar-refractivity contribution in [3.8, 4) is 0 Å². The van der Waals surface area contributed by atoms with Crippen molar-refractivity contribution in [3.05, 3.63) is 35.4 Å². The fourth-order valence-corrected chi connectivity index (χ4v) is 2.34. The predicted molar refractivity (Wildman–Crippen MR) is 71.4 cm³/mol. The summed E-state index contributed by atoms with van der Waals surface area (Å²) in [6, 6.07) is 4.15. The van der Waals surface area contributed by atoms with Crippen LogP contribution in [0, 0.1) is 17.0 Å². The second-order valence-corrected chi connectivity index (χ2v) is 5.09. The molecule has 0 spiro atoms. The molecule has 1 aromatic rings. The minimum atomic E-state index is -0.790. The zero-order chi connectivity index (χ0) is 13.6. The van der Waals surface area contributed by atoms with Crippen LogP contribution >= 0.6 is 0 Å². The summed E-state index contributed by atoms with van der Waals surface area (Å²) >= 11 is 0. The van der Waals surface area contributed by atoms with E-state index >= 15 is 0 Å². The minimum Gasteiger partial charge on any atom is -0.330 e. The van der Waals surface area contributed by atoms with Crippen LogP contribution in [0.2, 0.25) is 0 Å². The third-order valence-corrected chi connectivity index (χ3v) is 3.81. The highest BCUT2D eigenvalue weighted by Gasteiger charge is 2.26. The van der Waals surface area contributed by atoms with Gasteiger partial charge in [0, 0.05) is 0 Å². The largest absolute Gasteiger partial charge is 0.330 e. The normalized spacial score (nSPS) is 14.5. The molecule has 0 fully saturated rings. The highest BCUT2D eigenvalue weighted by Crippen LogP contribution is 2.32. The quantitative estimate of drug-likeness (QED) is 0.781. The van der Waals surface area contributed by atoms with Gasteiger partial charge in [-0.15, -0.1) is 0 Å². The van der Waals surface area contributed by atoms with Crippen molar-refractivity contribution in [2.45, 2.75) is 46.0 Å². The number of nitrogens with two attached hydrogens (primary N) is 1. The van der Waals surface area contributed by atoms with E-state index in [1.165, 1.54) is 12.1 Å². The van der Waals surface area contributed by atoms with E-state index in [-0.39, 0.29) is 5.41 Å². The molecule has 0 aliphatic heterocycles. The average Bonchev–Trinajstić information content (AvgIpc) is 2.39. The van der Waals surface area contributed by atoms with E-state index in [9.17, 15) is 8.78 Å². The SMILES string of the molecule is CCCCC(CC)(CN)Cc1ccc(F)c(F)c1. The molecule has 0 heterocycles. The van der Waals surface area contributed by atoms with Gasteiger partial charge in [-0.1, -0.05) is 32.8 Å². The molecule has 3 heteroatoms. The maximum Gasteiger partial charge on any atom is 0.159 e. The van der Waals surface area contributed by atoms with Crippen LogP contribution in [0.4, 0.5) is 8.78 Å². The van der Waals surface area contributed by atoms with Crippen molar-refractivity contribution < 1.29 is 8.78 Å². The molecule has 18 heavy (non-hydrogen) atoms. The molecule has 0 saturated heterocycles. The molecule has 0 aromatic heterocycles. The van der Waals surface area contributed by atoms with Crippen LogP contribution < -0.4 is 5.73 Å². The van der Waals surface area contributed by atoms with Crippen LogP contribution in [0.5, 0.6) is 0 Å². The summed E-state index contributed by atoms with van der Waals surface area (Å²) in [5.74, 6) is -1.56. The summed E-state index contributed by atoms with van der Waals surface area (Å²) < 4.78 is 26.1. The molecule has 0 radical (unpaired) electrons. The molecule has 2 N–H and O–H groups in total. The van der Waals surface area contributed by atoms with E-state index in [1.54, 1.807) is 6.07 Å². The topological polar surface area (TPSA) is 26.0 Å². The maximum atomic E-state index is 13.2. The summed E-state index contributed by atoms with van der Waals surface area (Å²) in [7, 11) is 0. The Hall–Kier alpha value is -0.960. The number of halogens is 2. The Kier molecular flexibility index (Phi) is 5.73. The number of hydrogen-bond acceptors (Lipinski definition) is 1. The van der Waals surface area contributed by atoms with Gasteiger partial charge in [-0.2, -0.15) is 0 Å². The molecule has 0 saturated carbocycles. The number of hydrogen-bond donors (Lipinski definition) is 1. The zero-order valence-corrected chi connectivity index (χ0v) is 11.3. The standard InChI is InChI=1S/C15H23F2N/c1-3-5-8-15(4-2,11-18)10-12-6-7-13(16)14(17)9-12/h6-7,9H,3-5,8,10-11,18H2,1-2H3. The first-order valence-corrected chi connectivity index (χ1v) is 6.71. The number of benzene rings is 1. The number of rotatable bonds is 7. The van der Waals surface area contributed by atoms with Crippen molar-refractivity contribution in [1.29, 1.82) is 0 Å². The van der Waals surface area contributed by atoms with Gasteiger partial charge in [0.25, 0.3) is 0 Å². The molecule has 0 bridgehead atoms. The fraction of sp³-hybridized carbons (Fsp3) is 0.600. The van der Waals surface area contributed by atoms with Gasteiger partial charge in [0.15, 0.2) is 11.6 Å². The molecule has 1 rings (SSSR count). The van der Waals surface area contributed by atoms with Crippen LogP contribution in [-0.2, 0) is 6.42 Å². The van der Waals surface area contributed by atoms with E-state index in [1.807, 2.05) is 0 Å². The van der Waals surface area contributed by atoms with Gasteiger partial charge in [0.1, 0.15) is 0 Å². The summed E-state index contributed by atoms with van der Waals surface area (Å²) in [4.78, 5) is 0. The van der Waals surface area contributed by atoms with Gasteiger partial charge in [-0.25, -0.2) is 8.78 Å². The molecule has 1 aromatic carbocycles. The smallest absolute Gasteiger partial charge is 0.159 e. The van der Waals surface area contributed by atoms with Crippen LogP contribution in [0.3, 0.4) is 0 Å². The number of unbranched alkanes of at least 4 members (excludes halogenated alkanes) is 1. The van der Waals surface area contributed by atoms with Gasteiger partial charge in [-0.3, -0.25) is 0 Å². The Bertz CT molecular complexity index is 373. The fourth-order valence-electron chi connectivity index (χ4n) is 2.34. The summed E-state index contributed by atoms with van der Waals surface area (Å²) in [6.45, 7) is 4.85. The zero-order valence-electron chi connectivity index (χ0n) is 11.3. The van der Waals surface area contributed by atoms with Gasteiger partial charge in [0.05, 0.1) is 0 Å². The lowest BCUT2D eigenvalue weighted by molar-refractivity contribution is 0.251. The molecule has 102 valence electrons. The van der Waals surface area contributed by atoms with Crippen molar-refractivity contribution in [2.75, 3.05) is 6.54 Å². The Morgan fingerprint density at radius 1 is 1.17 bits per heavy atom. The minimum absolute atomic E-state index is 0.0142. The molecular formula is C15H23F2N. The third kappa shape index (κ3) is 3.77. The van der Waals surface area contributed by atoms with Gasteiger partial charge >= 0.3 is 0 Å². The van der Waals surface area contributed by atoms with Crippen molar-refractivity contribution in [2.24, 2.45) is 11.1 Å². The lowest BCUT2D eigenvalue weighted by Gasteiger charge is -2.31. The van der Waals surface area contributed by atoms with Gasteiger partial charge < -0.3 is 5.73 Å². The molecule has 1 unspecified atom stereocenters. The highest BCUT2D eigenvalue weighted by molar-refractivity contribution is 5.19.